The van der Waals surface area contributed by atoms with Gasteiger partial charge in [-0.2, -0.15) is 5.26 Å². The van der Waals surface area contributed by atoms with E-state index in [4.69, 9.17) is 5.26 Å². The Hall–Kier alpha value is -1.37. The zero-order valence-electron chi connectivity index (χ0n) is 7.19. The third-order valence-electron chi connectivity index (χ3n) is 2.59. The van der Waals surface area contributed by atoms with E-state index in [2.05, 4.69) is 0 Å². The molecule has 1 saturated carbocycles. The van der Waals surface area contributed by atoms with E-state index in [-0.39, 0.29) is 6.04 Å². The van der Waals surface area contributed by atoms with Crippen LogP contribution in [-0.2, 0) is 9.59 Å². The average Bonchev–Trinajstić information content (AvgIpc) is 2.93. The quantitative estimate of drug-likeness (QED) is 0.534. The highest BCUT2D eigenvalue weighted by Gasteiger charge is 2.41. The van der Waals surface area contributed by atoms with Crippen LogP contribution in [0.4, 0.5) is 0 Å². The van der Waals surface area contributed by atoms with Crippen molar-refractivity contribution in [2.75, 3.05) is 6.54 Å². The highest BCUT2D eigenvalue weighted by atomic mass is 16.2. The lowest BCUT2D eigenvalue weighted by atomic mass is 9.96. The highest BCUT2D eigenvalue weighted by Crippen LogP contribution is 2.30. The first-order valence-corrected chi connectivity index (χ1v) is 4.48. The van der Waals surface area contributed by atoms with Crippen LogP contribution in [-0.4, -0.2) is 29.2 Å². The molecule has 4 nitrogen and oxygen atoms in total. The van der Waals surface area contributed by atoms with Gasteiger partial charge in [0, 0.05) is 12.6 Å². The van der Waals surface area contributed by atoms with E-state index in [9.17, 15) is 9.59 Å². The largest absolute Gasteiger partial charge is 0.333 e. The maximum absolute atomic E-state index is 11.4. The molecule has 2 fully saturated rings. The van der Waals surface area contributed by atoms with Gasteiger partial charge < -0.3 is 4.90 Å². The number of nitrogens with zero attached hydrogens (tertiary/aromatic N) is 2. The molecule has 4 heteroatoms. The van der Waals surface area contributed by atoms with Crippen LogP contribution in [0.2, 0.25) is 0 Å². The van der Waals surface area contributed by atoms with Gasteiger partial charge in [0.1, 0.15) is 5.92 Å². The maximum atomic E-state index is 11.4. The summed E-state index contributed by atoms with van der Waals surface area (Å²) in [5, 5.41) is 8.58. The minimum atomic E-state index is -0.692. The van der Waals surface area contributed by atoms with Crippen molar-refractivity contribution < 1.29 is 9.59 Å². The summed E-state index contributed by atoms with van der Waals surface area (Å²) in [4.78, 5) is 24.3. The molecule has 2 rings (SSSR count). The number of carbonyl (C=O) groups is 2. The number of hydrogen-bond donors (Lipinski definition) is 0. The van der Waals surface area contributed by atoms with Gasteiger partial charge in [-0.1, -0.05) is 0 Å². The number of Topliss-reactive ketones (excluding diaryl/α,β-unsaturated/α-hetero) is 1. The molecule has 1 aliphatic carbocycles. The average molecular weight is 178 g/mol. The summed E-state index contributed by atoms with van der Waals surface area (Å²) in [6.07, 6.45) is 2.53. The molecule has 68 valence electrons. The van der Waals surface area contributed by atoms with E-state index in [0.29, 0.717) is 13.0 Å². The van der Waals surface area contributed by atoms with E-state index in [0.717, 1.165) is 12.8 Å². The topological polar surface area (TPSA) is 61.2 Å². The number of piperidine rings is 1. The molecule has 0 radical (unpaired) electrons. The van der Waals surface area contributed by atoms with Gasteiger partial charge in [0.15, 0.2) is 0 Å². The molecule has 1 atom stereocenters. The molecule has 0 bridgehead atoms. The monoisotopic (exact) mass is 178 g/mol. The molecule has 0 unspecified atom stereocenters. The maximum Gasteiger partial charge on any atom is 0.291 e. The molecule has 0 spiro atoms. The SMILES string of the molecule is N#C[C@@H]1CCN(C2CC2)C(=O)C1=O. The van der Waals surface area contributed by atoms with E-state index in [1.165, 1.54) is 0 Å². The van der Waals surface area contributed by atoms with Crippen molar-refractivity contribution >= 4 is 11.7 Å². The summed E-state index contributed by atoms with van der Waals surface area (Å²) < 4.78 is 0. The lowest BCUT2D eigenvalue weighted by molar-refractivity contribution is -0.149. The second kappa shape index (κ2) is 2.84. The summed E-state index contributed by atoms with van der Waals surface area (Å²) in [5.74, 6) is -1.65. The predicted molar refractivity (Wildman–Crippen MR) is 43.5 cm³/mol. The smallest absolute Gasteiger partial charge is 0.291 e. The first-order valence-electron chi connectivity index (χ1n) is 4.48. The number of likely N-dealkylation sites (tertiary alicyclic amines) is 1. The van der Waals surface area contributed by atoms with Crippen molar-refractivity contribution in [2.45, 2.75) is 25.3 Å². The fourth-order valence-corrected chi connectivity index (χ4v) is 1.65. The van der Waals surface area contributed by atoms with Crippen molar-refractivity contribution in [1.29, 1.82) is 5.26 Å². The van der Waals surface area contributed by atoms with Gasteiger partial charge in [-0.3, -0.25) is 9.59 Å². The first-order chi connectivity index (χ1) is 6.24. The third-order valence-corrected chi connectivity index (χ3v) is 2.59. The standard InChI is InChI=1S/C9H10N2O2/c10-5-6-3-4-11(7-1-2-7)9(13)8(6)12/h6-7H,1-4H2/t6-/m0/s1. The molecule has 0 aromatic heterocycles. The van der Waals surface area contributed by atoms with E-state index in [1.807, 2.05) is 6.07 Å². The second-order valence-electron chi connectivity index (χ2n) is 3.56. The van der Waals surface area contributed by atoms with Crippen molar-refractivity contribution in [3.63, 3.8) is 0 Å². The minimum Gasteiger partial charge on any atom is -0.333 e. The Morgan fingerprint density at radius 1 is 1.31 bits per heavy atom. The van der Waals surface area contributed by atoms with E-state index < -0.39 is 17.6 Å². The van der Waals surface area contributed by atoms with Crippen molar-refractivity contribution in [1.82, 2.24) is 4.90 Å². The Kier molecular flexibility index (Phi) is 1.80. The van der Waals surface area contributed by atoms with Crippen molar-refractivity contribution in [3.05, 3.63) is 0 Å². The van der Waals surface area contributed by atoms with Crippen LogP contribution in [0.15, 0.2) is 0 Å². The van der Waals surface area contributed by atoms with Gasteiger partial charge >= 0.3 is 0 Å². The van der Waals surface area contributed by atoms with Crippen LogP contribution in [0.5, 0.6) is 0 Å². The van der Waals surface area contributed by atoms with Crippen LogP contribution in [0.3, 0.4) is 0 Å². The predicted octanol–water partition coefficient (Wildman–Crippen LogP) is 0.0900. The van der Waals surface area contributed by atoms with Gasteiger partial charge in [0.05, 0.1) is 6.07 Å². The Morgan fingerprint density at radius 2 is 2.00 bits per heavy atom. The molecule has 0 aromatic rings. The Bertz CT molecular complexity index is 301. The van der Waals surface area contributed by atoms with Crippen molar-refractivity contribution in [3.8, 4) is 6.07 Å². The Balaban J connectivity index is 2.10. The minimum absolute atomic E-state index is 0.288. The van der Waals surface area contributed by atoms with Gasteiger partial charge in [-0.25, -0.2) is 0 Å². The van der Waals surface area contributed by atoms with Crippen LogP contribution in [0.25, 0.3) is 0 Å². The summed E-state index contributed by atoms with van der Waals surface area (Å²) in [6.45, 7) is 0.577. The van der Waals surface area contributed by atoms with Crippen molar-refractivity contribution in [2.24, 2.45) is 5.92 Å². The van der Waals surface area contributed by atoms with Crippen LogP contribution < -0.4 is 0 Å². The summed E-state index contributed by atoms with van der Waals surface area (Å²) in [5.41, 5.74) is 0. The second-order valence-corrected chi connectivity index (χ2v) is 3.56. The third kappa shape index (κ3) is 1.31. The molecule has 1 saturated heterocycles. The molecule has 2 aliphatic rings. The summed E-state index contributed by atoms with van der Waals surface area (Å²) in [6, 6.07) is 2.15. The lowest BCUT2D eigenvalue weighted by Gasteiger charge is -2.27. The number of nitriles is 1. The number of rotatable bonds is 1. The molecular weight excluding hydrogens is 168 g/mol. The number of amides is 1. The Labute approximate surface area is 76.1 Å². The zero-order valence-corrected chi connectivity index (χ0v) is 7.19. The van der Waals surface area contributed by atoms with Gasteiger partial charge in [0.2, 0.25) is 5.78 Å². The van der Waals surface area contributed by atoms with E-state index in [1.54, 1.807) is 4.90 Å². The molecule has 1 amide bonds. The fourth-order valence-electron chi connectivity index (χ4n) is 1.65. The molecular formula is C9H10N2O2. The van der Waals surface area contributed by atoms with Gasteiger partial charge in [-0.15, -0.1) is 0 Å². The first kappa shape index (κ1) is 8.24. The zero-order chi connectivity index (χ0) is 9.42. The lowest BCUT2D eigenvalue weighted by Crippen LogP contribution is -2.46. The van der Waals surface area contributed by atoms with Gasteiger partial charge in [0.25, 0.3) is 5.91 Å². The molecule has 0 aromatic carbocycles. The van der Waals surface area contributed by atoms with Crippen LogP contribution >= 0.6 is 0 Å². The number of carbonyl (C=O) groups excluding carboxylic acids is 2. The van der Waals surface area contributed by atoms with Gasteiger partial charge in [-0.05, 0) is 19.3 Å². The molecule has 13 heavy (non-hydrogen) atoms. The van der Waals surface area contributed by atoms with E-state index >= 15 is 0 Å². The van der Waals surface area contributed by atoms with Crippen LogP contribution in [0.1, 0.15) is 19.3 Å². The highest BCUT2D eigenvalue weighted by molar-refractivity contribution is 6.38. The number of hydrogen-bond acceptors (Lipinski definition) is 3. The fraction of sp³-hybridized carbons (Fsp3) is 0.667. The molecule has 0 N–H and O–H groups in total. The Morgan fingerprint density at radius 3 is 2.54 bits per heavy atom. The number of ketones is 1. The summed E-state index contributed by atoms with van der Waals surface area (Å²) in [7, 11) is 0. The normalized spacial score (nSPS) is 28.8. The van der Waals surface area contributed by atoms with Crippen LogP contribution in [0, 0.1) is 17.2 Å². The molecule has 1 heterocycles. The summed E-state index contributed by atoms with van der Waals surface area (Å²) >= 11 is 0. The molecule has 1 aliphatic heterocycles.